The second kappa shape index (κ2) is 17.4. The molecular weight excluding hydrogens is 440 g/mol. The summed E-state index contributed by atoms with van der Waals surface area (Å²) in [5.74, 6) is 0.0296. The van der Waals surface area contributed by atoms with Gasteiger partial charge in [-0.05, 0) is 50.4 Å². The Hall–Kier alpha value is -2.00. The van der Waals surface area contributed by atoms with Crippen molar-refractivity contribution < 1.29 is 29.7 Å². The summed E-state index contributed by atoms with van der Waals surface area (Å²) in [5.41, 5.74) is 0. The Kier molecular flexibility index (Phi) is 15.4. The predicted molar refractivity (Wildman–Crippen MR) is 129 cm³/mol. The predicted octanol–water partition coefficient (Wildman–Crippen LogP) is 3.84. The monoisotopic (exact) mass is 484 g/mol. The molecule has 0 unspecified atom stereocenters. The normalized spacial score (nSPS) is 22.2. The molecule has 1 saturated carbocycles. The fraction of sp³-hybridized carbons (Fsp3) is 0.840. The van der Waals surface area contributed by atoms with Crippen LogP contribution in [-0.4, -0.2) is 64.3 Å². The summed E-state index contributed by atoms with van der Waals surface area (Å²) in [6, 6.07) is 0. The molecule has 196 valence electrons. The maximum Gasteiger partial charge on any atom is 0.294 e. The Labute approximate surface area is 203 Å². The van der Waals surface area contributed by atoms with Crippen molar-refractivity contribution in [3.8, 4) is 0 Å². The highest BCUT2D eigenvalue weighted by atomic mass is 16.9. The van der Waals surface area contributed by atoms with Crippen LogP contribution in [0.3, 0.4) is 0 Å². The molecule has 0 aromatic carbocycles. The van der Waals surface area contributed by atoms with Crippen molar-refractivity contribution in [2.75, 3.05) is 20.2 Å². The first-order chi connectivity index (χ1) is 16.3. The lowest BCUT2D eigenvalue weighted by atomic mass is 9.86. The number of Topliss-reactive ketones (excluding diaryl/α,β-unsaturated/α-hetero) is 1. The number of nitrogens with zero attached hydrogens (tertiary/aromatic N) is 2. The average Bonchev–Trinajstić information content (AvgIpc) is 3.05. The van der Waals surface area contributed by atoms with E-state index in [1.807, 2.05) is 12.2 Å². The number of unbranched alkanes of at least 4 members (excludes halogenated alkanes) is 5. The molecule has 1 aliphatic rings. The highest BCUT2D eigenvalue weighted by Gasteiger charge is 2.40. The molecule has 1 amide bonds. The van der Waals surface area contributed by atoms with Gasteiger partial charge in [0.1, 0.15) is 12.4 Å². The van der Waals surface area contributed by atoms with E-state index < -0.39 is 17.3 Å². The average molecular weight is 485 g/mol. The smallest absolute Gasteiger partial charge is 0.294 e. The fourth-order valence-corrected chi connectivity index (χ4v) is 4.59. The maximum absolute atomic E-state index is 12.2. The molecule has 2 N–H and O–H groups in total. The van der Waals surface area contributed by atoms with E-state index in [1.165, 1.54) is 24.2 Å². The molecule has 0 spiro atoms. The molecule has 0 radical (unpaired) electrons. The molecular formula is C25H44N2O7. The van der Waals surface area contributed by atoms with E-state index in [4.69, 9.17) is 0 Å². The minimum absolute atomic E-state index is 0.0574. The summed E-state index contributed by atoms with van der Waals surface area (Å²) in [5, 5.41) is 30.0. The second-order valence-electron chi connectivity index (χ2n) is 9.41. The maximum atomic E-state index is 12.2. The number of amides is 1. The molecule has 0 aromatic heterocycles. The third kappa shape index (κ3) is 12.5. The summed E-state index contributed by atoms with van der Waals surface area (Å²) < 4.78 is 0. The molecule has 1 fully saturated rings. The molecule has 9 nitrogen and oxygen atoms in total. The molecule has 1 aliphatic carbocycles. The fourth-order valence-electron chi connectivity index (χ4n) is 4.59. The second-order valence-corrected chi connectivity index (χ2v) is 9.41. The van der Waals surface area contributed by atoms with Crippen molar-refractivity contribution in [3.63, 3.8) is 0 Å². The zero-order valence-corrected chi connectivity index (χ0v) is 20.9. The summed E-state index contributed by atoms with van der Waals surface area (Å²) in [6.45, 7) is 2.19. The van der Waals surface area contributed by atoms with Crippen molar-refractivity contribution in [1.82, 2.24) is 4.90 Å². The molecule has 0 bridgehead atoms. The number of aliphatic hydroxyl groups is 2. The number of likely N-dealkylation sites (N-methyl/N-ethyl adjacent to an activating group) is 1. The van der Waals surface area contributed by atoms with Crippen LogP contribution in [0.5, 0.6) is 0 Å². The number of carbonyl (C=O) groups excluding carboxylic acids is 2. The van der Waals surface area contributed by atoms with E-state index in [2.05, 4.69) is 11.8 Å². The molecule has 0 heterocycles. The molecule has 0 aliphatic heterocycles. The van der Waals surface area contributed by atoms with Gasteiger partial charge in [0.15, 0.2) is 0 Å². The first-order valence-electron chi connectivity index (χ1n) is 12.8. The summed E-state index contributed by atoms with van der Waals surface area (Å²) in [6.07, 6.45) is 12.8. The van der Waals surface area contributed by atoms with Gasteiger partial charge in [-0.2, -0.15) is 0 Å². The molecule has 4 atom stereocenters. The van der Waals surface area contributed by atoms with Crippen LogP contribution in [0, 0.1) is 22.0 Å². The van der Waals surface area contributed by atoms with Crippen LogP contribution in [-0.2, 0) is 14.4 Å². The van der Waals surface area contributed by atoms with Gasteiger partial charge in [0.05, 0.1) is 12.2 Å². The van der Waals surface area contributed by atoms with Crippen molar-refractivity contribution >= 4 is 11.7 Å². The lowest BCUT2D eigenvalue weighted by molar-refractivity contribution is -0.757. The van der Waals surface area contributed by atoms with Crippen molar-refractivity contribution in [2.24, 2.45) is 11.8 Å². The number of hydrogen-bond acceptors (Lipinski definition) is 7. The van der Waals surface area contributed by atoms with Crippen LogP contribution >= 0.6 is 0 Å². The Bertz CT molecular complexity index is 641. The lowest BCUT2D eigenvalue weighted by Gasteiger charge is -2.22. The van der Waals surface area contributed by atoms with E-state index >= 15 is 0 Å². The zero-order valence-electron chi connectivity index (χ0n) is 20.9. The van der Waals surface area contributed by atoms with Crippen LogP contribution < -0.4 is 0 Å². The van der Waals surface area contributed by atoms with Gasteiger partial charge in [0.2, 0.25) is 5.91 Å². The standard InChI is InChI=1S/C25H44N2O7/c1-3-4-5-6-9-12-20(28)15-16-22-21(23(29)19-24(22)30)13-10-7-8-11-14-25(31)26(2)17-18-34-27(32)33/h7,10,21-24,29-30H,3-6,8-9,11-19H2,1-2H3/t21-,22-,23+,24-/m1/s1. The van der Waals surface area contributed by atoms with Gasteiger partial charge in [-0.15, -0.1) is 10.1 Å². The Morgan fingerprint density at radius 1 is 1.03 bits per heavy atom. The molecule has 0 aromatic rings. The Morgan fingerprint density at radius 2 is 1.74 bits per heavy atom. The van der Waals surface area contributed by atoms with Gasteiger partial charge >= 0.3 is 0 Å². The number of allylic oxidation sites excluding steroid dienone is 2. The summed E-state index contributed by atoms with van der Waals surface area (Å²) in [7, 11) is 1.59. The first-order valence-corrected chi connectivity index (χ1v) is 12.8. The van der Waals surface area contributed by atoms with Gasteiger partial charge in [-0.1, -0.05) is 44.8 Å². The van der Waals surface area contributed by atoms with Gasteiger partial charge < -0.3 is 20.0 Å². The van der Waals surface area contributed by atoms with E-state index in [9.17, 15) is 29.9 Å². The number of rotatable bonds is 19. The molecule has 9 heteroatoms. The largest absolute Gasteiger partial charge is 0.393 e. The first kappa shape index (κ1) is 30.0. The van der Waals surface area contributed by atoms with Gasteiger partial charge in [0, 0.05) is 32.9 Å². The van der Waals surface area contributed by atoms with Crippen LogP contribution in [0.4, 0.5) is 0 Å². The van der Waals surface area contributed by atoms with Crippen LogP contribution in [0.25, 0.3) is 0 Å². The van der Waals surface area contributed by atoms with Gasteiger partial charge in [-0.3, -0.25) is 9.59 Å². The molecule has 34 heavy (non-hydrogen) atoms. The quantitative estimate of drug-likeness (QED) is 0.123. The number of ketones is 1. The molecule has 0 saturated heterocycles. The van der Waals surface area contributed by atoms with Gasteiger partial charge in [0.25, 0.3) is 5.09 Å². The highest BCUT2D eigenvalue weighted by Crippen LogP contribution is 2.38. The van der Waals surface area contributed by atoms with E-state index in [0.717, 1.165) is 12.8 Å². The number of carbonyl (C=O) groups is 2. The highest BCUT2D eigenvalue weighted by molar-refractivity contribution is 5.78. The van der Waals surface area contributed by atoms with Crippen LogP contribution in [0.2, 0.25) is 0 Å². The Morgan fingerprint density at radius 3 is 2.44 bits per heavy atom. The third-order valence-corrected chi connectivity index (χ3v) is 6.72. The van der Waals surface area contributed by atoms with E-state index in [1.54, 1.807) is 7.05 Å². The third-order valence-electron chi connectivity index (χ3n) is 6.72. The van der Waals surface area contributed by atoms with Crippen molar-refractivity contribution in [2.45, 2.75) is 103 Å². The topological polar surface area (TPSA) is 130 Å². The summed E-state index contributed by atoms with van der Waals surface area (Å²) in [4.78, 5) is 40.0. The number of hydrogen-bond donors (Lipinski definition) is 2. The number of aliphatic hydroxyl groups excluding tert-OH is 2. The van der Waals surface area contributed by atoms with Crippen LogP contribution in [0.1, 0.15) is 90.4 Å². The summed E-state index contributed by atoms with van der Waals surface area (Å²) >= 11 is 0. The molecule has 1 rings (SSSR count). The van der Waals surface area contributed by atoms with Gasteiger partial charge in [-0.25, -0.2) is 0 Å². The van der Waals surface area contributed by atoms with E-state index in [0.29, 0.717) is 51.4 Å². The van der Waals surface area contributed by atoms with Crippen molar-refractivity contribution in [1.29, 1.82) is 0 Å². The van der Waals surface area contributed by atoms with E-state index in [-0.39, 0.29) is 36.7 Å². The zero-order chi connectivity index (χ0) is 25.3. The Balaban J connectivity index is 2.29. The SMILES string of the molecule is CCCCCCCC(=O)CC[C@@H]1[C@@H](CC=CCCCC(=O)N(C)CCO[N+](=O)[O-])[C@@H](O)C[C@H]1O. The lowest BCUT2D eigenvalue weighted by Crippen LogP contribution is -2.30. The van der Waals surface area contributed by atoms with Crippen molar-refractivity contribution in [3.05, 3.63) is 22.3 Å². The minimum atomic E-state index is -0.874. The van der Waals surface area contributed by atoms with Crippen LogP contribution in [0.15, 0.2) is 12.2 Å². The minimum Gasteiger partial charge on any atom is -0.393 e.